The van der Waals surface area contributed by atoms with Crippen LogP contribution in [0, 0.1) is 6.92 Å². The van der Waals surface area contributed by atoms with E-state index in [0.717, 1.165) is 39.1 Å². The van der Waals surface area contributed by atoms with E-state index in [1.165, 1.54) is 28.5 Å². The van der Waals surface area contributed by atoms with E-state index in [1.54, 1.807) is 6.92 Å². The standard InChI is InChI=1S/C22H25N5O2/c1-16-13-20(28)25-22(24-16)26-23-15-19-8-7-18(14-17-5-3-2-4-6-17)21(19)27-9-11-29-12-10-27/h2-6,13-15H,7-12H2,1H3,(H2,24,25,26,28)/b18-14?,23-15-. The molecular formula is C22H25N5O2. The minimum atomic E-state index is -0.197. The van der Waals surface area contributed by atoms with Crippen molar-refractivity contribution >= 4 is 18.2 Å². The van der Waals surface area contributed by atoms with Crippen LogP contribution >= 0.6 is 0 Å². The first-order valence-corrected chi connectivity index (χ1v) is 9.88. The highest BCUT2D eigenvalue weighted by Gasteiger charge is 2.25. The van der Waals surface area contributed by atoms with Gasteiger partial charge in [-0.3, -0.25) is 9.78 Å². The first kappa shape index (κ1) is 19.1. The van der Waals surface area contributed by atoms with Gasteiger partial charge >= 0.3 is 0 Å². The number of rotatable bonds is 5. The number of benzene rings is 1. The molecule has 1 aliphatic heterocycles. The maximum atomic E-state index is 11.6. The van der Waals surface area contributed by atoms with Crippen LogP contribution in [0.15, 0.2) is 63.1 Å². The third-order valence-corrected chi connectivity index (χ3v) is 5.00. The molecule has 1 fully saturated rings. The van der Waals surface area contributed by atoms with E-state index in [2.05, 4.69) is 55.7 Å². The van der Waals surface area contributed by atoms with Gasteiger partial charge in [0.1, 0.15) is 0 Å². The Morgan fingerprint density at radius 3 is 2.76 bits per heavy atom. The Labute approximate surface area is 169 Å². The summed E-state index contributed by atoms with van der Waals surface area (Å²) in [5.41, 5.74) is 8.24. The molecule has 0 bridgehead atoms. The number of hydrazone groups is 1. The summed E-state index contributed by atoms with van der Waals surface area (Å²) in [6, 6.07) is 11.8. The number of anilines is 1. The van der Waals surface area contributed by atoms with Crippen molar-refractivity contribution in [3.63, 3.8) is 0 Å². The van der Waals surface area contributed by atoms with E-state index < -0.39 is 0 Å². The third kappa shape index (κ3) is 4.81. The predicted molar refractivity (Wildman–Crippen MR) is 115 cm³/mol. The average molecular weight is 391 g/mol. The number of ether oxygens (including phenoxy) is 1. The Hall–Kier alpha value is -3.19. The zero-order chi connectivity index (χ0) is 20.1. The Balaban J connectivity index is 1.61. The number of aromatic nitrogens is 2. The lowest BCUT2D eigenvalue weighted by Crippen LogP contribution is -2.36. The molecule has 2 heterocycles. The average Bonchev–Trinajstić information content (AvgIpc) is 3.11. The van der Waals surface area contributed by atoms with Gasteiger partial charge < -0.3 is 9.64 Å². The summed E-state index contributed by atoms with van der Waals surface area (Å²) in [6.07, 6.45) is 6.01. The summed E-state index contributed by atoms with van der Waals surface area (Å²) in [5.74, 6) is 0.345. The number of nitrogens with one attached hydrogen (secondary N) is 2. The van der Waals surface area contributed by atoms with E-state index in [-0.39, 0.29) is 5.56 Å². The molecule has 0 spiro atoms. The highest BCUT2D eigenvalue weighted by atomic mass is 16.5. The molecule has 0 atom stereocenters. The highest BCUT2D eigenvalue weighted by molar-refractivity contribution is 5.84. The quantitative estimate of drug-likeness (QED) is 0.605. The lowest BCUT2D eigenvalue weighted by Gasteiger charge is -2.31. The van der Waals surface area contributed by atoms with Crippen LogP contribution in [0.5, 0.6) is 0 Å². The Morgan fingerprint density at radius 1 is 1.21 bits per heavy atom. The summed E-state index contributed by atoms with van der Waals surface area (Å²) in [6.45, 7) is 5.00. The maximum absolute atomic E-state index is 11.6. The van der Waals surface area contributed by atoms with E-state index in [9.17, 15) is 4.79 Å². The van der Waals surface area contributed by atoms with Crippen LogP contribution in [0.2, 0.25) is 0 Å². The summed E-state index contributed by atoms with van der Waals surface area (Å²) < 4.78 is 5.54. The van der Waals surface area contributed by atoms with Crippen molar-refractivity contribution in [3.05, 3.63) is 74.9 Å². The van der Waals surface area contributed by atoms with Gasteiger partial charge in [0.05, 0.1) is 19.4 Å². The highest BCUT2D eigenvalue weighted by Crippen LogP contribution is 2.34. The number of hydrogen-bond acceptors (Lipinski definition) is 6. The monoisotopic (exact) mass is 391 g/mol. The Bertz CT molecular complexity index is 1000. The second-order valence-corrected chi connectivity index (χ2v) is 7.16. The number of aryl methyl sites for hydroxylation is 1. The molecule has 1 aromatic carbocycles. The number of nitrogens with zero attached hydrogens (tertiary/aromatic N) is 3. The summed E-state index contributed by atoms with van der Waals surface area (Å²) in [4.78, 5) is 20.9. The number of allylic oxidation sites excluding steroid dienone is 2. The van der Waals surface area contributed by atoms with Gasteiger partial charge in [0.15, 0.2) is 0 Å². The lowest BCUT2D eigenvalue weighted by molar-refractivity contribution is 0.0548. The topological polar surface area (TPSA) is 82.6 Å². The van der Waals surface area contributed by atoms with Crippen LogP contribution in [0.1, 0.15) is 24.1 Å². The second kappa shape index (κ2) is 8.87. The predicted octanol–water partition coefficient (Wildman–Crippen LogP) is 2.94. The maximum Gasteiger partial charge on any atom is 0.252 e. The smallest absolute Gasteiger partial charge is 0.252 e. The summed E-state index contributed by atoms with van der Waals surface area (Å²) in [5, 5.41) is 4.34. The normalized spacial score (nSPS) is 18.8. The molecule has 2 aliphatic rings. The molecule has 1 aliphatic carbocycles. The molecule has 29 heavy (non-hydrogen) atoms. The second-order valence-electron chi connectivity index (χ2n) is 7.16. The van der Waals surface area contributed by atoms with Crippen molar-refractivity contribution in [2.24, 2.45) is 5.10 Å². The molecule has 2 N–H and O–H groups in total. The Kier molecular flexibility index (Phi) is 5.86. The van der Waals surface area contributed by atoms with Crippen LogP contribution in [0.4, 0.5) is 5.95 Å². The fourth-order valence-electron chi connectivity index (χ4n) is 3.73. The molecular weight excluding hydrogens is 366 g/mol. The van der Waals surface area contributed by atoms with Crippen molar-refractivity contribution in [1.29, 1.82) is 0 Å². The molecule has 0 unspecified atom stereocenters. The van der Waals surface area contributed by atoms with Crippen LogP contribution in [-0.2, 0) is 4.74 Å². The lowest BCUT2D eigenvalue weighted by atomic mass is 10.1. The molecule has 0 radical (unpaired) electrons. The molecule has 150 valence electrons. The van der Waals surface area contributed by atoms with Gasteiger partial charge in [-0.1, -0.05) is 30.3 Å². The summed E-state index contributed by atoms with van der Waals surface area (Å²) in [7, 11) is 0. The van der Waals surface area contributed by atoms with Gasteiger partial charge in [-0.05, 0) is 42.6 Å². The zero-order valence-corrected chi connectivity index (χ0v) is 16.5. The number of aromatic amines is 1. The fraction of sp³-hybridized carbons (Fsp3) is 0.318. The van der Waals surface area contributed by atoms with Gasteiger partial charge in [0, 0.05) is 30.5 Å². The first-order chi connectivity index (χ1) is 14.2. The van der Waals surface area contributed by atoms with Crippen molar-refractivity contribution in [1.82, 2.24) is 14.9 Å². The van der Waals surface area contributed by atoms with Crippen molar-refractivity contribution in [3.8, 4) is 0 Å². The van der Waals surface area contributed by atoms with Gasteiger partial charge in [0.25, 0.3) is 5.56 Å². The number of morpholine rings is 1. The summed E-state index contributed by atoms with van der Waals surface area (Å²) >= 11 is 0. The van der Waals surface area contributed by atoms with Crippen LogP contribution in [0.3, 0.4) is 0 Å². The van der Waals surface area contributed by atoms with E-state index in [0.29, 0.717) is 11.6 Å². The molecule has 7 nitrogen and oxygen atoms in total. The van der Waals surface area contributed by atoms with Crippen molar-refractivity contribution in [2.45, 2.75) is 19.8 Å². The van der Waals surface area contributed by atoms with E-state index in [4.69, 9.17) is 4.74 Å². The molecule has 4 rings (SSSR count). The zero-order valence-electron chi connectivity index (χ0n) is 16.5. The SMILES string of the molecule is Cc1cc(=O)[nH]c(N/N=C\C2=C(N3CCOCC3)C(=Cc3ccccc3)CC2)n1. The van der Waals surface area contributed by atoms with Crippen molar-refractivity contribution in [2.75, 3.05) is 31.7 Å². The van der Waals surface area contributed by atoms with Gasteiger partial charge in [-0.2, -0.15) is 5.10 Å². The van der Waals surface area contributed by atoms with Crippen LogP contribution in [0.25, 0.3) is 6.08 Å². The molecule has 1 aromatic heterocycles. The number of hydrogen-bond donors (Lipinski definition) is 2. The molecule has 2 aromatic rings. The van der Waals surface area contributed by atoms with Gasteiger partial charge in [0.2, 0.25) is 5.95 Å². The third-order valence-electron chi connectivity index (χ3n) is 5.00. The van der Waals surface area contributed by atoms with E-state index in [1.807, 2.05) is 12.3 Å². The van der Waals surface area contributed by atoms with Crippen LogP contribution < -0.4 is 11.0 Å². The molecule has 7 heteroatoms. The van der Waals surface area contributed by atoms with Crippen molar-refractivity contribution < 1.29 is 4.74 Å². The fourth-order valence-corrected chi connectivity index (χ4v) is 3.73. The van der Waals surface area contributed by atoms with E-state index >= 15 is 0 Å². The molecule has 0 saturated carbocycles. The largest absolute Gasteiger partial charge is 0.378 e. The van der Waals surface area contributed by atoms with Gasteiger partial charge in [-0.15, -0.1) is 0 Å². The minimum Gasteiger partial charge on any atom is -0.378 e. The molecule has 1 saturated heterocycles. The minimum absolute atomic E-state index is 0.197. The Morgan fingerprint density at radius 2 is 2.00 bits per heavy atom. The molecule has 0 amide bonds. The van der Waals surface area contributed by atoms with Gasteiger partial charge in [-0.25, -0.2) is 10.4 Å². The van der Waals surface area contributed by atoms with Crippen LogP contribution in [-0.4, -0.2) is 47.4 Å². The number of H-pyrrole nitrogens is 1. The first-order valence-electron chi connectivity index (χ1n) is 9.88.